The average Bonchev–Trinajstić information content (AvgIpc) is 2.55. The van der Waals surface area contributed by atoms with E-state index < -0.39 is 33.7 Å². The number of nitro groups is 1. The number of carbonyl (C=O) groups is 1. The van der Waals surface area contributed by atoms with Crippen LogP contribution >= 0.6 is 23.2 Å². The van der Waals surface area contributed by atoms with Crippen LogP contribution in [0.3, 0.4) is 0 Å². The number of nitrogens with zero attached hydrogens (tertiary/aromatic N) is 2. The van der Waals surface area contributed by atoms with Gasteiger partial charge in [-0.25, -0.2) is 0 Å². The van der Waals surface area contributed by atoms with Crippen molar-refractivity contribution >= 4 is 34.8 Å². The van der Waals surface area contributed by atoms with Gasteiger partial charge in [0.15, 0.2) is 5.75 Å². The Morgan fingerprint density at radius 1 is 1.38 bits per heavy atom. The highest BCUT2D eigenvalue weighted by Gasteiger charge is 2.19. The molecule has 0 bridgehead atoms. The summed E-state index contributed by atoms with van der Waals surface area (Å²) in [4.78, 5) is 33.6. The van der Waals surface area contributed by atoms with Crippen molar-refractivity contribution in [3.05, 3.63) is 66.5 Å². The summed E-state index contributed by atoms with van der Waals surface area (Å²) in [5.74, 6) is -0.958. The van der Waals surface area contributed by atoms with Crippen LogP contribution in [0.1, 0.15) is 10.4 Å². The highest BCUT2D eigenvalue weighted by molar-refractivity contribution is 6.37. The second-order valence-electron chi connectivity index (χ2n) is 5.21. The van der Waals surface area contributed by atoms with Gasteiger partial charge in [-0.3, -0.25) is 19.7 Å². The molecule has 1 aromatic heterocycles. The molecule has 1 heterocycles. The number of aromatic nitrogens is 1. The molecule has 0 aliphatic carbocycles. The second kappa shape index (κ2) is 8.17. The van der Waals surface area contributed by atoms with Crippen LogP contribution in [0.4, 0.5) is 5.69 Å². The fourth-order valence-electron chi connectivity index (χ4n) is 2.11. The van der Waals surface area contributed by atoms with E-state index in [4.69, 9.17) is 33.7 Å². The van der Waals surface area contributed by atoms with E-state index in [-0.39, 0.29) is 28.9 Å². The number of hydrogen-bond donors (Lipinski definition) is 2. The summed E-state index contributed by atoms with van der Waals surface area (Å²) in [5, 5.41) is 21.5. The number of amides is 1. The Bertz CT molecular complexity index is 894. The number of aliphatic hydroxyl groups is 1. The predicted molar refractivity (Wildman–Crippen MR) is 93.8 cm³/mol. The van der Waals surface area contributed by atoms with E-state index in [0.717, 1.165) is 16.8 Å². The van der Waals surface area contributed by atoms with Crippen LogP contribution in [0.25, 0.3) is 0 Å². The standard InChI is InChI=1S/C15H13Cl2N3O6/c16-11-2-1-3-12(17)13(11)26-7-9(21)6-19-5-8(20(24)25)4-10(14(18)22)15(19)23/h1-5,9,21H,6-7H2,(H2,18,22). The summed E-state index contributed by atoms with van der Waals surface area (Å²) in [6, 6.07) is 5.48. The zero-order valence-corrected chi connectivity index (χ0v) is 14.6. The molecule has 26 heavy (non-hydrogen) atoms. The number of pyridine rings is 1. The molecule has 0 radical (unpaired) electrons. The summed E-state index contributed by atoms with van der Waals surface area (Å²) < 4.78 is 6.16. The molecule has 0 saturated heterocycles. The Hall–Kier alpha value is -2.62. The Morgan fingerprint density at radius 3 is 2.54 bits per heavy atom. The topological polar surface area (TPSA) is 138 Å². The number of carbonyl (C=O) groups excluding carboxylic acids is 1. The molecule has 1 atom stereocenters. The first-order valence-corrected chi connectivity index (χ1v) is 7.90. The molecule has 2 aromatic rings. The maximum atomic E-state index is 12.1. The third-order valence-corrected chi connectivity index (χ3v) is 3.89. The number of benzene rings is 1. The van der Waals surface area contributed by atoms with Crippen LogP contribution in [0.5, 0.6) is 5.75 Å². The Labute approximate surface area is 156 Å². The number of ether oxygens (including phenoxy) is 1. The van der Waals surface area contributed by atoms with E-state index in [1.54, 1.807) is 18.2 Å². The molecule has 0 saturated carbocycles. The molecule has 0 fully saturated rings. The zero-order chi connectivity index (χ0) is 19.4. The van der Waals surface area contributed by atoms with Gasteiger partial charge < -0.3 is 20.1 Å². The fraction of sp³-hybridized carbons (Fsp3) is 0.200. The second-order valence-corrected chi connectivity index (χ2v) is 6.02. The van der Waals surface area contributed by atoms with E-state index >= 15 is 0 Å². The minimum absolute atomic E-state index is 0.152. The van der Waals surface area contributed by atoms with Gasteiger partial charge in [0.05, 0.1) is 27.7 Å². The third kappa shape index (κ3) is 4.51. The van der Waals surface area contributed by atoms with Crippen molar-refractivity contribution in [3.8, 4) is 5.75 Å². The van der Waals surface area contributed by atoms with Crippen molar-refractivity contribution in [2.45, 2.75) is 12.6 Å². The molecule has 3 N–H and O–H groups in total. The predicted octanol–water partition coefficient (Wildman–Crippen LogP) is 1.60. The average molecular weight is 402 g/mol. The number of aliphatic hydroxyl groups excluding tert-OH is 1. The van der Waals surface area contributed by atoms with Crippen LogP contribution in [0.2, 0.25) is 10.0 Å². The van der Waals surface area contributed by atoms with Gasteiger partial charge in [-0.1, -0.05) is 29.3 Å². The normalized spacial score (nSPS) is 11.8. The Kier molecular flexibility index (Phi) is 6.19. The van der Waals surface area contributed by atoms with Crippen LogP contribution < -0.4 is 16.0 Å². The maximum absolute atomic E-state index is 12.1. The molecule has 138 valence electrons. The van der Waals surface area contributed by atoms with Crippen molar-refractivity contribution in [2.75, 3.05) is 6.61 Å². The molecule has 11 heteroatoms. The number of rotatable bonds is 7. The third-order valence-electron chi connectivity index (χ3n) is 3.29. The molecule has 0 aliphatic heterocycles. The SMILES string of the molecule is NC(=O)c1cc([N+](=O)[O-])cn(CC(O)COc2c(Cl)cccc2Cl)c1=O. The largest absolute Gasteiger partial charge is 0.488 e. The molecule has 1 unspecified atom stereocenters. The van der Waals surface area contributed by atoms with E-state index in [9.17, 15) is 24.8 Å². The molecule has 0 aliphatic rings. The van der Waals surface area contributed by atoms with Gasteiger partial charge in [0, 0.05) is 6.07 Å². The summed E-state index contributed by atoms with van der Waals surface area (Å²) in [6.07, 6.45) is -0.344. The van der Waals surface area contributed by atoms with Gasteiger partial charge in [0.25, 0.3) is 17.2 Å². The fourth-order valence-corrected chi connectivity index (χ4v) is 2.62. The van der Waals surface area contributed by atoms with E-state index in [1.165, 1.54) is 0 Å². The first kappa shape index (κ1) is 19.7. The minimum atomic E-state index is -1.25. The van der Waals surface area contributed by atoms with E-state index in [2.05, 4.69) is 0 Å². The summed E-state index contributed by atoms with van der Waals surface area (Å²) >= 11 is 11.9. The molecular formula is C15H13Cl2N3O6. The molecule has 0 spiro atoms. The lowest BCUT2D eigenvalue weighted by Gasteiger charge is -2.15. The number of primary amides is 1. The quantitative estimate of drug-likeness (QED) is 0.533. The van der Waals surface area contributed by atoms with Crippen LogP contribution in [-0.4, -0.2) is 33.2 Å². The van der Waals surface area contributed by atoms with Crippen LogP contribution in [0.15, 0.2) is 35.3 Å². The lowest BCUT2D eigenvalue weighted by Crippen LogP contribution is -2.34. The zero-order valence-electron chi connectivity index (χ0n) is 13.1. The summed E-state index contributed by atoms with van der Waals surface area (Å²) in [7, 11) is 0. The molecule has 1 aromatic carbocycles. The molecule has 1 amide bonds. The number of halogens is 2. The number of para-hydroxylation sites is 1. The minimum Gasteiger partial charge on any atom is -0.488 e. The highest BCUT2D eigenvalue weighted by atomic mass is 35.5. The smallest absolute Gasteiger partial charge is 0.286 e. The van der Waals surface area contributed by atoms with Crippen molar-refractivity contribution in [2.24, 2.45) is 5.73 Å². The van der Waals surface area contributed by atoms with Gasteiger partial charge in [-0.05, 0) is 12.1 Å². The van der Waals surface area contributed by atoms with Crippen molar-refractivity contribution in [3.63, 3.8) is 0 Å². The lowest BCUT2D eigenvalue weighted by molar-refractivity contribution is -0.385. The van der Waals surface area contributed by atoms with E-state index in [1.807, 2.05) is 0 Å². The first-order valence-electron chi connectivity index (χ1n) is 7.14. The van der Waals surface area contributed by atoms with Crippen molar-refractivity contribution in [1.82, 2.24) is 4.57 Å². The van der Waals surface area contributed by atoms with Gasteiger partial charge in [-0.15, -0.1) is 0 Å². The summed E-state index contributed by atoms with van der Waals surface area (Å²) in [5.41, 5.74) is 3.13. The lowest BCUT2D eigenvalue weighted by atomic mass is 10.2. The summed E-state index contributed by atoms with van der Waals surface area (Å²) in [6.45, 7) is -0.673. The highest BCUT2D eigenvalue weighted by Crippen LogP contribution is 2.32. The van der Waals surface area contributed by atoms with Crippen LogP contribution in [0, 0.1) is 10.1 Å². The first-order chi connectivity index (χ1) is 12.2. The molecular weight excluding hydrogens is 389 g/mol. The van der Waals surface area contributed by atoms with Crippen molar-refractivity contribution < 1.29 is 19.6 Å². The Balaban J connectivity index is 2.20. The van der Waals surface area contributed by atoms with Gasteiger partial charge in [0.1, 0.15) is 18.3 Å². The Morgan fingerprint density at radius 2 is 2.00 bits per heavy atom. The monoisotopic (exact) mass is 401 g/mol. The number of hydrogen-bond acceptors (Lipinski definition) is 6. The van der Waals surface area contributed by atoms with Gasteiger partial charge in [0.2, 0.25) is 0 Å². The maximum Gasteiger partial charge on any atom is 0.286 e. The van der Waals surface area contributed by atoms with Crippen LogP contribution in [-0.2, 0) is 6.54 Å². The van der Waals surface area contributed by atoms with Gasteiger partial charge >= 0.3 is 0 Å². The van der Waals surface area contributed by atoms with Gasteiger partial charge in [-0.2, -0.15) is 0 Å². The number of nitrogens with two attached hydrogens (primary N) is 1. The molecule has 9 nitrogen and oxygen atoms in total. The van der Waals surface area contributed by atoms with E-state index in [0.29, 0.717) is 0 Å². The molecule has 2 rings (SSSR count). The van der Waals surface area contributed by atoms with Crippen molar-refractivity contribution in [1.29, 1.82) is 0 Å².